The van der Waals surface area contributed by atoms with E-state index >= 15 is 0 Å². The molecule has 1 aromatic carbocycles. The van der Waals surface area contributed by atoms with Crippen molar-refractivity contribution in [2.24, 2.45) is 0 Å². The zero-order valence-electron chi connectivity index (χ0n) is 15.1. The second-order valence-corrected chi connectivity index (χ2v) is 6.89. The van der Waals surface area contributed by atoms with E-state index < -0.39 is 19.4 Å². The fourth-order valence-electron chi connectivity index (χ4n) is 2.93. The summed E-state index contributed by atoms with van der Waals surface area (Å²) >= 11 is 6.28. The molecule has 0 bridgehead atoms. The van der Waals surface area contributed by atoms with Crippen LogP contribution in [0.4, 0.5) is 14.9 Å². The minimum absolute atomic E-state index is 0.233. The van der Waals surface area contributed by atoms with Gasteiger partial charge in [-0.1, -0.05) is 29.8 Å². The van der Waals surface area contributed by atoms with E-state index in [0.717, 1.165) is 5.57 Å². The molecule has 2 aromatic rings. The molecule has 0 unspecified atom stereocenters. The highest BCUT2D eigenvalue weighted by Crippen LogP contribution is 2.29. The number of amides is 2. The molecule has 148 valence electrons. The van der Waals surface area contributed by atoms with Crippen molar-refractivity contribution in [3.05, 3.63) is 64.4 Å². The number of urea groups is 1. The highest BCUT2D eigenvalue weighted by molar-refractivity contribution is 6.32. The van der Waals surface area contributed by atoms with Crippen molar-refractivity contribution in [2.75, 3.05) is 25.0 Å². The van der Waals surface area contributed by atoms with Crippen LogP contribution in [0.5, 0.6) is 0 Å². The number of benzene rings is 1. The van der Waals surface area contributed by atoms with Crippen LogP contribution in [0.2, 0.25) is 5.02 Å². The molecule has 1 atom stereocenters. The van der Waals surface area contributed by atoms with Gasteiger partial charge in [0, 0.05) is 30.5 Å². The Morgan fingerprint density at radius 1 is 1.36 bits per heavy atom. The van der Waals surface area contributed by atoms with Gasteiger partial charge in [0.15, 0.2) is 0 Å². The third kappa shape index (κ3) is 4.67. The fourth-order valence-corrected chi connectivity index (χ4v) is 3.22. The first-order chi connectivity index (χ1) is 13.5. The molecule has 0 fully saturated rings. The van der Waals surface area contributed by atoms with Gasteiger partial charge in [-0.05, 0) is 35.8 Å². The number of carbonyl (C=O) groups excluding carboxylic acids is 1. The second-order valence-electron chi connectivity index (χ2n) is 6.48. The van der Waals surface area contributed by atoms with Gasteiger partial charge < -0.3 is 20.4 Å². The Morgan fingerprint density at radius 3 is 2.68 bits per heavy atom. The van der Waals surface area contributed by atoms with Crippen LogP contribution in [-0.4, -0.2) is 45.8 Å². The van der Waals surface area contributed by atoms with Crippen molar-refractivity contribution in [1.29, 1.82) is 0 Å². The summed E-state index contributed by atoms with van der Waals surface area (Å²) in [6.07, 6.45) is 2.95. The Labute approximate surface area is 167 Å². The van der Waals surface area contributed by atoms with E-state index in [0.29, 0.717) is 47.0 Å². The van der Waals surface area contributed by atoms with Crippen molar-refractivity contribution in [3.8, 4) is 0 Å². The molecular weight excluding hydrogens is 385 g/mol. The molecule has 2 heterocycles. The maximum Gasteiger partial charge on any atom is 0.322 e. The molecule has 6 nitrogen and oxygen atoms in total. The number of aromatic nitrogens is 1. The SMILES string of the molecule is O=C(Nc1ccc(CF)cc1)N1CC=C(c2ncc([C@H](O)CO)cc2Cl)CC1. The highest BCUT2D eigenvalue weighted by atomic mass is 35.5. The summed E-state index contributed by atoms with van der Waals surface area (Å²) in [7, 11) is 0. The normalized spacial score (nSPS) is 15.1. The van der Waals surface area contributed by atoms with Crippen LogP contribution in [0.3, 0.4) is 0 Å². The van der Waals surface area contributed by atoms with Crippen molar-refractivity contribution in [2.45, 2.75) is 19.2 Å². The van der Waals surface area contributed by atoms with E-state index in [1.807, 2.05) is 6.08 Å². The Morgan fingerprint density at radius 2 is 2.11 bits per heavy atom. The van der Waals surface area contributed by atoms with Crippen molar-refractivity contribution >= 4 is 28.9 Å². The summed E-state index contributed by atoms with van der Waals surface area (Å²) in [6, 6.07) is 7.97. The Bertz CT molecular complexity index is 873. The van der Waals surface area contributed by atoms with Gasteiger partial charge in [-0.25, -0.2) is 9.18 Å². The largest absolute Gasteiger partial charge is 0.393 e. The van der Waals surface area contributed by atoms with Crippen molar-refractivity contribution in [1.82, 2.24) is 9.88 Å². The van der Waals surface area contributed by atoms with Crippen LogP contribution in [-0.2, 0) is 6.67 Å². The Balaban J connectivity index is 1.64. The van der Waals surface area contributed by atoms with Crippen LogP contribution in [0.1, 0.15) is 29.3 Å². The van der Waals surface area contributed by atoms with Crippen LogP contribution in [0.25, 0.3) is 5.57 Å². The lowest BCUT2D eigenvalue weighted by Gasteiger charge is -2.27. The highest BCUT2D eigenvalue weighted by Gasteiger charge is 2.20. The second kappa shape index (κ2) is 9.14. The number of aliphatic hydroxyl groups is 2. The van der Waals surface area contributed by atoms with E-state index in [9.17, 15) is 14.3 Å². The van der Waals surface area contributed by atoms with E-state index in [1.165, 1.54) is 6.20 Å². The lowest BCUT2D eigenvalue weighted by atomic mass is 10.0. The third-order valence-electron chi connectivity index (χ3n) is 4.58. The number of nitrogens with one attached hydrogen (secondary N) is 1. The first-order valence-electron chi connectivity index (χ1n) is 8.86. The van der Waals surface area contributed by atoms with E-state index in [-0.39, 0.29) is 6.03 Å². The van der Waals surface area contributed by atoms with Gasteiger partial charge in [-0.3, -0.25) is 4.98 Å². The molecule has 3 N–H and O–H groups in total. The van der Waals surface area contributed by atoms with E-state index in [4.69, 9.17) is 16.7 Å². The van der Waals surface area contributed by atoms with E-state index in [2.05, 4.69) is 10.3 Å². The van der Waals surface area contributed by atoms with Crippen LogP contribution in [0.15, 0.2) is 42.6 Å². The molecule has 0 aliphatic carbocycles. The number of halogens is 2. The van der Waals surface area contributed by atoms with Gasteiger partial charge in [0.25, 0.3) is 0 Å². The number of hydrogen-bond donors (Lipinski definition) is 3. The molecule has 0 saturated heterocycles. The number of pyridine rings is 1. The number of nitrogens with zero attached hydrogens (tertiary/aromatic N) is 2. The minimum Gasteiger partial charge on any atom is -0.393 e. The van der Waals surface area contributed by atoms with Gasteiger partial charge in [0.2, 0.25) is 0 Å². The molecular formula is C20H21ClFN3O3. The molecule has 1 aliphatic heterocycles. The van der Waals surface area contributed by atoms with Gasteiger partial charge in [-0.2, -0.15) is 0 Å². The van der Waals surface area contributed by atoms with Gasteiger partial charge >= 0.3 is 6.03 Å². The Kier molecular flexibility index (Phi) is 6.61. The Hall–Kier alpha value is -2.48. The molecule has 0 radical (unpaired) electrons. The zero-order chi connectivity index (χ0) is 20.1. The van der Waals surface area contributed by atoms with Crippen molar-refractivity contribution in [3.63, 3.8) is 0 Å². The van der Waals surface area contributed by atoms with Crippen LogP contribution in [0, 0.1) is 0 Å². The molecule has 1 aromatic heterocycles. The fraction of sp³-hybridized carbons (Fsp3) is 0.300. The molecule has 28 heavy (non-hydrogen) atoms. The molecule has 0 spiro atoms. The molecule has 2 amide bonds. The monoisotopic (exact) mass is 405 g/mol. The third-order valence-corrected chi connectivity index (χ3v) is 4.87. The molecule has 3 rings (SSSR count). The predicted octanol–water partition coefficient (Wildman–Crippen LogP) is 3.55. The van der Waals surface area contributed by atoms with Crippen LogP contribution < -0.4 is 5.32 Å². The molecule has 1 aliphatic rings. The number of aliphatic hydroxyl groups excluding tert-OH is 2. The standard InChI is InChI=1S/C20H21ClFN3O3/c21-17-9-15(18(27)12-26)11-23-19(17)14-5-7-25(8-6-14)20(28)24-16-3-1-13(10-22)2-4-16/h1-5,9,11,18,26-27H,6-8,10,12H2,(H,24,28)/t18-/m1/s1. The number of carbonyl (C=O) groups is 1. The van der Waals surface area contributed by atoms with E-state index in [1.54, 1.807) is 35.2 Å². The molecule has 8 heteroatoms. The average Bonchev–Trinajstić information content (AvgIpc) is 2.73. The number of anilines is 1. The minimum atomic E-state index is -1.02. The van der Waals surface area contributed by atoms with Crippen LogP contribution >= 0.6 is 11.6 Å². The summed E-state index contributed by atoms with van der Waals surface area (Å²) in [5.41, 5.74) is 3.15. The zero-order valence-corrected chi connectivity index (χ0v) is 15.9. The summed E-state index contributed by atoms with van der Waals surface area (Å²) in [6.45, 7) is -0.0346. The lowest BCUT2D eigenvalue weighted by Crippen LogP contribution is -2.37. The van der Waals surface area contributed by atoms with Gasteiger partial charge in [0.05, 0.1) is 17.3 Å². The maximum atomic E-state index is 12.6. The summed E-state index contributed by atoms with van der Waals surface area (Å²) in [5, 5.41) is 21.9. The quantitative estimate of drug-likeness (QED) is 0.710. The smallest absolute Gasteiger partial charge is 0.322 e. The summed E-state index contributed by atoms with van der Waals surface area (Å²) in [4.78, 5) is 18.4. The number of hydrogen-bond acceptors (Lipinski definition) is 4. The summed E-state index contributed by atoms with van der Waals surface area (Å²) < 4.78 is 12.6. The first kappa shape index (κ1) is 20.3. The number of alkyl halides is 1. The predicted molar refractivity (Wildman–Crippen MR) is 106 cm³/mol. The average molecular weight is 406 g/mol. The first-order valence-corrected chi connectivity index (χ1v) is 9.24. The maximum absolute atomic E-state index is 12.6. The molecule has 0 saturated carbocycles. The van der Waals surface area contributed by atoms with Gasteiger partial charge in [-0.15, -0.1) is 0 Å². The van der Waals surface area contributed by atoms with Crippen molar-refractivity contribution < 1.29 is 19.4 Å². The lowest BCUT2D eigenvalue weighted by molar-refractivity contribution is 0.0953. The topological polar surface area (TPSA) is 85.7 Å². The summed E-state index contributed by atoms with van der Waals surface area (Å²) in [5.74, 6) is 0. The number of rotatable bonds is 5. The van der Waals surface area contributed by atoms with Gasteiger partial charge in [0.1, 0.15) is 12.8 Å².